The topological polar surface area (TPSA) is 104 Å². The summed E-state index contributed by atoms with van der Waals surface area (Å²) in [7, 11) is 2.07. The van der Waals surface area contributed by atoms with Gasteiger partial charge in [0, 0.05) is 12.3 Å². The highest BCUT2D eigenvalue weighted by atomic mass is 16.3. The van der Waals surface area contributed by atoms with Crippen molar-refractivity contribution in [3.8, 4) is 0 Å². The SMILES string of the molecule is CCC(=O)Nc1ccc2c(n1)C(O)(C1CCN(C)CC1)[14C](N)=N2. The third-order valence-corrected chi connectivity index (χ3v) is 4.76. The van der Waals surface area contributed by atoms with Gasteiger partial charge in [-0.2, -0.15) is 0 Å². The molecule has 124 valence electrons. The summed E-state index contributed by atoms with van der Waals surface area (Å²) in [5, 5.41) is 14.0. The normalized spacial score (nSPS) is 25.1. The van der Waals surface area contributed by atoms with E-state index in [0.29, 0.717) is 23.6 Å². The number of aliphatic imine (C=N–C) groups is 1. The van der Waals surface area contributed by atoms with Gasteiger partial charge in [-0.05, 0) is 45.1 Å². The molecule has 3 rings (SSSR count). The second-order valence-electron chi connectivity index (χ2n) is 6.31. The number of likely N-dealkylation sites (tertiary alicyclic amines) is 1. The van der Waals surface area contributed by atoms with E-state index in [4.69, 9.17) is 5.73 Å². The van der Waals surface area contributed by atoms with E-state index in [9.17, 15) is 9.90 Å². The number of anilines is 1. The fourth-order valence-corrected chi connectivity index (χ4v) is 3.29. The predicted octanol–water partition coefficient (Wildman–Crippen LogP) is 0.962. The van der Waals surface area contributed by atoms with E-state index in [1.807, 2.05) is 0 Å². The van der Waals surface area contributed by atoms with Crippen molar-refractivity contribution in [2.45, 2.75) is 31.8 Å². The fraction of sp³-hybridized carbons (Fsp3) is 0.562. The molecule has 0 radical (unpaired) electrons. The molecule has 23 heavy (non-hydrogen) atoms. The number of piperidine rings is 1. The molecular weight excluding hydrogens is 296 g/mol. The first-order valence-electron chi connectivity index (χ1n) is 8.02. The van der Waals surface area contributed by atoms with Gasteiger partial charge < -0.3 is 21.1 Å². The number of aromatic nitrogens is 1. The van der Waals surface area contributed by atoms with Crippen LogP contribution in [0.25, 0.3) is 0 Å². The van der Waals surface area contributed by atoms with Crippen molar-refractivity contribution in [1.82, 2.24) is 9.88 Å². The van der Waals surface area contributed by atoms with Crippen LogP contribution >= 0.6 is 0 Å². The molecule has 1 amide bonds. The number of carbonyl (C=O) groups is 1. The lowest BCUT2D eigenvalue weighted by Crippen LogP contribution is -2.49. The molecule has 1 fully saturated rings. The van der Waals surface area contributed by atoms with Gasteiger partial charge in [0.2, 0.25) is 5.91 Å². The summed E-state index contributed by atoms with van der Waals surface area (Å²) in [6.45, 7) is 3.59. The standard InChI is InChI=1S/C16H23N5O2/c1-3-13(22)19-12-5-4-11-14(20-12)16(23,15(17)18-11)10-6-8-21(2)9-7-10/h4-5,10,23H,3,6-9H2,1-2H3,(H2,17,18)(H,19,20,22)/i15+2. The second kappa shape index (κ2) is 5.90. The number of amides is 1. The van der Waals surface area contributed by atoms with Crippen LogP contribution in [0.3, 0.4) is 0 Å². The first-order chi connectivity index (χ1) is 10.9. The number of amidine groups is 1. The third-order valence-electron chi connectivity index (χ3n) is 4.76. The van der Waals surface area contributed by atoms with Gasteiger partial charge in [-0.3, -0.25) is 4.79 Å². The summed E-state index contributed by atoms with van der Waals surface area (Å²) in [6.07, 6.45) is 2.03. The van der Waals surface area contributed by atoms with Crippen LogP contribution in [0, 0.1) is 5.92 Å². The second-order valence-corrected chi connectivity index (χ2v) is 6.31. The fourth-order valence-electron chi connectivity index (χ4n) is 3.29. The smallest absolute Gasteiger partial charge is 0.225 e. The Balaban J connectivity index is 1.93. The van der Waals surface area contributed by atoms with Crippen molar-refractivity contribution in [1.29, 1.82) is 0 Å². The van der Waals surface area contributed by atoms with Crippen molar-refractivity contribution in [3.05, 3.63) is 17.8 Å². The number of carbonyl (C=O) groups excluding carboxylic acids is 1. The number of rotatable bonds is 3. The minimum Gasteiger partial charge on any atom is -0.384 e. The van der Waals surface area contributed by atoms with E-state index in [0.717, 1.165) is 25.9 Å². The molecule has 1 saturated heterocycles. The van der Waals surface area contributed by atoms with Crippen molar-refractivity contribution in [3.63, 3.8) is 0 Å². The molecule has 3 heterocycles. The largest absolute Gasteiger partial charge is 0.384 e. The van der Waals surface area contributed by atoms with Gasteiger partial charge >= 0.3 is 0 Å². The van der Waals surface area contributed by atoms with E-state index in [1.165, 1.54) is 0 Å². The molecule has 1 atom stereocenters. The Kier molecular flexibility index (Phi) is 4.08. The Hall–Kier alpha value is -1.99. The van der Waals surface area contributed by atoms with Gasteiger partial charge in [0.05, 0.1) is 5.69 Å². The van der Waals surface area contributed by atoms with Crippen LogP contribution in [-0.2, 0) is 10.4 Å². The molecule has 0 spiro atoms. The zero-order valence-corrected chi connectivity index (χ0v) is 13.5. The highest BCUT2D eigenvalue weighted by Crippen LogP contribution is 2.44. The number of nitrogens with zero attached hydrogens (tertiary/aromatic N) is 3. The number of pyridine rings is 1. The maximum Gasteiger partial charge on any atom is 0.225 e. The van der Waals surface area contributed by atoms with Crippen molar-refractivity contribution in [2.24, 2.45) is 16.6 Å². The summed E-state index contributed by atoms with van der Waals surface area (Å²) in [5.74, 6) is 0.487. The monoisotopic (exact) mass is 319 g/mol. The predicted molar refractivity (Wildman–Crippen MR) is 88.6 cm³/mol. The quantitative estimate of drug-likeness (QED) is 0.770. The van der Waals surface area contributed by atoms with Gasteiger partial charge in [0.1, 0.15) is 17.3 Å². The maximum absolute atomic E-state index is 11.6. The van der Waals surface area contributed by atoms with E-state index in [-0.39, 0.29) is 17.7 Å². The number of fused-ring (bicyclic) bond motifs is 1. The molecule has 1 aromatic heterocycles. The van der Waals surface area contributed by atoms with Gasteiger partial charge in [0.25, 0.3) is 0 Å². The van der Waals surface area contributed by atoms with Crippen LogP contribution in [0.15, 0.2) is 17.1 Å². The summed E-state index contributed by atoms with van der Waals surface area (Å²) < 4.78 is 0. The lowest BCUT2D eigenvalue weighted by Gasteiger charge is -2.38. The van der Waals surface area contributed by atoms with E-state index in [2.05, 4.69) is 27.2 Å². The average Bonchev–Trinajstić information content (AvgIpc) is 2.80. The molecular formula is C16H23N5O2. The Bertz CT molecular complexity index is 652. The van der Waals surface area contributed by atoms with Crippen LogP contribution < -0.4 is 11.1 Å². The minimum atomic E-state index is -1.34. The van der Waals surface area contributed by atoms with Gasteiger partial charge in [-0.15, -0.1) is 0 Å². The van der Waals surface area contributed by atoms with Crippen LogP contribution in [0.5, 0.6) is 0 Å². The lowest BCUT2D eigenvalue weighted by atomic mass is 9.84. The molecule has 0 saturated carbocycles. The van der Waals surface area contributed by atoms with Crippen molar-refractivity contribution < 1.29 is 9.90 Å². The van der Waals surface area contributed by atoms with Gasteiger partial charge in [-0.1, -0.05) is 6.92 Å². The Morgan fingerprint density at radius 3 is 2.87 bits per heavy atom. The van der Waals surface area contributed by atoms with Gasteiger partial charge in [0.15, 0.2) is 5.60 Å². The van der Waals surface area contributed by atoms with Crippen LogP contribution in [0.1, 0.15) is 31.9 Å². The van der Waals surface area contributed by atoms with Crippen LogP contribution in [-0.4, -0.2) is 46.9 Å². The van der Waals surface area contributed by atoms with Crippen molar-refractivity contribution >= 4 is 23.2 Å². The first-order valence-corrected chi connectivity index (χ1v) is 8.02. The zero-order chi connectivity index (χ0) is 16.6. The summed E-state index contributed by atoms with van der Waals surface area (Å²) in [5.41, 5.74) is 5.76. The Morgan fingerprint density at radius 2 is 2.22 bits per heavy atom. The maximum atomic E-state index is 11.6. The molecule has 0 aromatic carbocycles. The number of aliphatic hydroxyl groups is 1. The van der Waals surface area contributed by atoms with E-state index >= 15 is 0 Å². The first kappa shape index (κ1) is 15.9. The molecule has 2 aliphatic rings. The summed E-state index contributed by atoms with van der Waals surface area (Å²) >= 11 is 0. The van der Waals surface area contributed by atoms with Crippen LogP contribution in [0.2, 0.25) is 0 Å². The lowest BCUT2D eigenvalue weighted by molar-refractivity contribution is -0.115. The minimum absolute atomic E-state index is 0.0201. The number of nitrogens with two attached hydrogens (primary N) is 1. The molecule has 1 unspecified atom stereocenters. The van der Waals surface area contributed by atoms with Gasteiger partial charge in [-0.25, -0.2) is 9.98 Å². The summed E-state index contributed by atoms with van der Waals surface area (Å²) in [4.78, 5) is 22.5. The number of hydrogen-bond donors (Lipinski definition) is 3. The molecule has 7 heteroatoms. The molecule has 1 aromatic rings. The molecule has 0 bridgehead atoms. The molecule has 7 nitrogen and oxygen atoms in total. The third kappa shape index (κ3) is 2.70. The summed E-state index contributed by atoms with van der Waals surface area (Å²) in [6, 6.07) is 3.43. The Morgan fingerprint density at radius 1 is 1.52 bits per heavy atom. The van der Waals surface area contributed by atoms with E-state index in [1.54, 1.807) is 19.1 Å². The highest BCUT2D eigenvalue weighted by Gasteiger charge is 2.49. The van der Waals surface area contributed by atoms with E-state index < -0.39 is 5.60 Å². The van der Waals surface area contributed by atoms with Crippen LogP contribution in [0.4, 0.5) is 11.5 Å². The average molecular weight is 319 g/mol. The molecule has 2 aliphatic heterocycles. The van der Waals surface area contributed by atoms with Crippen molar-refractivity contribution in [2.75, 3.05) is 25.5 Å². The molecule has 4 N–H and O–H groups in total. The number of hydrogen-bond acceptors (Lipinski definition) is 6. The highest BCUT2D eigenvalue weighted by molar-refractivity contribution is 5.98. The Labute approximate surface area is 135 Å². The number of nitrogens with one attached hydrogen (secondary N) is 1. The zero-order valence-electron chi connectivity index (χ0n) is 13.5. The molecule has 0 aliphatic carbocycles.